The zero-order valence-corrected chi connectivity index (χ0v) is 16.9. The summed E-state index contributed by atoms with van der Waals surface area (Å²) >= 11 is 1.57. The van der Waals surface area contributed by atoms with Crippen LogP contribution in [-0.4, -0.2) is 34.6 Å². The molecule has 2 unspecified atom stereocenters. The number of Topliss-reactive ketones (excluding diaryl/α,β-unsaturated/α-hetero) is 1. The van der Waals surface area contributed by atoms with E-state index in [0.29, 0.717) is 19.4 Å². The van der Waals surface area contributed by atoms with Crippen LogP contribution in [0.4, 0.5) is 0 Å². The van der Waals surface area contributed by atoms with Crippen molar-refractivity contribution in [1.82, 2.24) is 10.2 Å². The summed E-state index contributed by atoms with van der Waals surface area (Å²) in [7, 11) is 0. The molecule has 1 saturated heterocycles. The van der Waals surface area contributed by atoms with E-state index in [-0.39, 0.29) is 23.0 Å². The first kappa shape index (κ1) is 21.4. The van der Waals surface area contributed by atoms with Crippen LogP contribution in [0.25, 0.3) is 0 Å². The Hall–Kier alpha value is -1.69. The third-order valence-corrected chi connectivity index (χ3v) is 4.96. The Bertz CT molecular complexity index is 590. The summed E-state index contributed by atoms with van der Waals surface area (Å²) < 4.78 is 0. The summed E-state index contributed by atoms with van der Waals surface area (Å²) in [6, 6.07) is 2.85. The van der Waals surface area contributed by atoms with Gasteiger partial charge in [0.15, 0.2) is 5.78 Å². The molecule has 1 aliphatic rings. The number of rotatable bonds is 5. The number of nitrogens with one attached hydrogen (secondary N) is 1. The van der Waals surface area contributed by atoms with E-state index in [2.05, 4.69) is 5.32 Å². The van der Waals surface area contributed by atoms with Crippen LogP contribution in [-0.2, 0) is 20.9 Å². The van der Waals surface area contributed by atoms with Gasteiger partial charge < -0.3 is 10.2 Å². The first-order valence-electron chi connectivity index (χ1n) is 8.83. The minimum Gasteiger partial charge on any atom is -0.344 e. The lowest BCUT2D eigenvalue weighted by atomic mass is 9.84. The molecule has 0 saturated carbocycles. The predicted molar refractivity (Wildman–Crippen MR) is 101 cm³/mol. The van der Waals surface area contributed by atoms with E-state index in [1.165, 1.54) is 6.92 Å². The molecule has 25 heavy (non-hydrogen) atoms. The second-order valence-electron chi connectivity index (χ2n) is 7.07. The van der Waals surface area contributed by atoms with Crippen LogP contribution in [0.2, 0.25) is 0 Å². The number of carbonyl (C=O) groups is 3. The molecule has 1 aromatic heterocycles. The van der Waals surface area contributed by atoms with Crippen molar-refractivity contribution in [3.8, 4) is 0 Å². The van der Waals surface area contributed by atoms with Crippen molar-refractivity contribution in [1.29, 1.82) is 0 Å². The monoisotopic (exact) mass is 366 g/mol. The zero-order chi connectivity index (χ0) is 19.2. The normalized spacial score (nSPS) is 18.4. The molecule has 6 heteroatoms. The number of carbonyl (C=O) groups excluding carboxylic acids is 3. The van der Waals surface area contributed by atoms with E-state index >= 15 is 0 Å². The minimum atomic E-state index is -0.547. The van der Waals surface area contributed by atoms with Gasteiger partial charge in [-0.2, -0.15) is 0 Å². The van der Waals surface area contributed by atoms with Crippen molar-refractivity contribution in [2.24, 2.45) is 5.41 Å². The molecule has 2 rings (SSSR count). The van der Waals surface area contributed by atoms with Gasteiger partial charge in [-0.05, 0) is 30.2 Å². The highest BCUT2D eigenvalue weighted by molar-refractivity contribution is 7.09. The summed E-state index contributed by atoms with van der Waals surface area (Å²) in [4.78, 5) is 39.3. The third kappa shape index (κ3) is 5.66. The Labute approximate surface area is 154 Å². The van der Waals surface area contributed by atoms with Crippen LogP contribution in [0.5, 0.6) is 0 Å². The molecule has 2 heterocycles. The van der Waals surface area contributed by atoms with Crippen LogP contribution in [0.15, 0.2) is 17.5 Å². The SMILES string of the molecule is CC.CC(=O)C(NC(=O)C1CCC(=O)N1Cc1cccs1)C(C)(C)C. The van der Waals surface area contributed by atoms with E-state index < -0.39 is 12.1 Å². The van der Waals surface area contributed by atoms with Crippen LogP contribution >= 0.6 is 11.3 Å². The third-order valence-electron chi connectivity index (χ3n) is 4.10. The number of amides is 2. The molecule has 5 nitrogen and oxygen atoms in total. The number of nitrogens with zero attached hydrogens (tertiary/aromatic N) is 1. The van der Waals surface area contributed by atoms with Gasteiger partial charge in [-0.25, -0.2) is 0 Å². The Morgan fingerprint density at radius 3 is 2.48 bits per heavy atom. The quantitative estimate of drug-likeness (QED) is 0.869. The van der Waals surface area contributed by atoms with Crippen molar-refractivity contribution < 1.29 is 14.4 Å². The number of thiophene rings is 1. The second kappa shape index (κ2) is 9.13. The van der Waals surface area contributed by atoms with Gasteiger partial charge in [-0.1, -0.05) is 40.7 Å². The van der Waals surface area contributed by atoms with Gasteiger partial charge in [0.1, 0.15) is 6.04 Å². The first-order chi connectivity index (χ1) is 11.7. The molecule has 1 aliphatic heterocycles. The van der Waals surface area contributed by atoms with E-state index in [1.807, 2.05) is 52.1 Å². The second-order valence-corrected chi connectivity index (χ2v) is 8.11. The molecule has 1 N–H and O–H groups in total. The van der Waals surface area contributed by atoms with E-state index in [0.717, 1.165) is 4.88 Å². The number of hydrogen-bond donors (Lipinski definition) is 1. The lowest BCUT2D eigenvalue weighted by molar-refractivity contribution is -0.137. The maximum atomic E-state index is 12.6. The Morgan fingerprint density at radius 2 is 2.00 bits per heavy atom. The molecule has 0 aliphatic carbocycles. The standard InChI is InChI=1S/C17H24N2O3S.C2H6/c1-11(20)15(17(2,3)4)18-16(22)13-7-8-14(21)19(13)10-12-6-5-9-23-12;1-2/h5-6,9,13,15H,7-8,10H2,1-4H3,(H,18,22);1-2H3. The lowest BCUT2D eigenvalue weighted by Crippen LogP contribution is -2.53. The van der Waals surface area contributed by atoms with Gasteiger partial charge in [0.2, 0.25) is 11.8 Å². The molecule has 0 aromatic carbocycles. The van der Waals surface area contributed by atoms with Gasteiger partial charge in [-0.15, -0.1) is 11.3 Å². The summed E-state index contributed by atoms with van der Waals surface area (Å²) in [5, 5.41) is 4.80. The topological polar surface area (TPSA) is 66.5 Å². The minimum absolute atomic E-state index is 0.00585. The predicted octanol–water partition coefficient (Wildman–Crippen LogP) is 3.39. The summed E-state index contributed by atoms with van der Waals surface area (Å²) in [6.45, 7) is 11.7. The molecular formula is C19H30N2O3S. The average Bonchev–Trinajstić information content (AvgIpc) is 3.16. The maximum Gasteiger partial charge on any atom is 0.243 e. The van der Waals surface area contributed by atoms with Gasteiger partial charge in [0.05, 0.1) is 12.6 Å². The van der Waals surface area contributed by atoms with E-state index in [4.69, 9.17) is 0 Å². The number of ketones is 1. The fourth-order valence-corrected chi connectivity index (χ4v) is 3.64. The summed E-state index contributed by atoms with van der Waals surface area (Å²) in [5.74, 6) is -0.309. The van der Waals surface area contributed by atoms with Crippen LogP contribution in [0.1, 0.15) is 59.3 Å². The number of likely N-dealkylation sites (tertiary alicyclic amines) is 1. The summed E-state index contributed by atoms with van der Waals surface area (Å²) in [5.41, 5.74) is -0.358. The van der Waals surface area contributed by atoms with Crippen LogP contribution in [0.3, 0.4) is 0 Å². The highest BCUT2D eigenvalue weighted by atomic mass is 32.1. The Kier molecular flexibility index (Phi) is 7.80. The molecule has 0 radical (unpaired) electrons. The molecule has 0 spiro atoms. The Morgan fingerprint density at radius 1 is 1.36 bits per heavy atom. The molecule has 2 amide bonds. The Balaban J connectivity index is 0.00000151. The zero-order valence-electron chi connectivity index (χ0n) is 16.1. The van der Waals surface area contributed by atoms with Gasteiger partial charge in [0, 0.05) is 11.3 Å². The number of hydrogen-bond acceptors (Lipinski definition) is 4. The van der Waals surface area contributed by atoms with Crippen molar-refractivity contribution in [3.63, 3.8) is 0 Å². The first-order valence-corrected chi connectivity index (χ1v) is 9.71. The van der Waals surface area contributed by atoms with Gasteiger partial charge in [-0.3, -0.25) is 14.4 Å². The van der Waals surface area contributed by atoms with Crippen molar-refractivity contribution in [3.05, 3.63) is 22.4 Å². The fourth-order valence-electron chi connectivity index (χ4n) is 2.94. The van der Waals surface area contributed by atoms with E-state index in [1.54, 1.807) is 16.2 Å². The molecule has 0 bridgehead atoms. The van der Waals surface area contributed by atoms with Gasteiger partial charge in [0.25, 0.3) is 0 Å². The summed E-state index contributed by atoms with van der Waals surface area (Å²) in [6.07, 6.45) is 0.883. The van der Waals surface area contributed by atoms with Crippen molar-refractivity contribution in [2.75, 3.05) is 0 Å². The van der Waals surface area contributed by atoms with E-state index in [9.17, 15) is 14.4 Å². The highest BCUT2D eigenvalue weighted by Gasteiger charge is 2.39. The largest absolute Gasteiger partial charge is 0.344 e. The van der Waals surface area contributed by atoms with Crippen LogP contribution < -0.4 is 5.32 Å². The van der Waals surface area contributed by atoms with Crippen LogP contribution in [0, 0.1) is 5.41 Å². The highest BCUT2D eigenvalue weighted by Crippen LogP contribution is 2.25. The molecule has 1 fully saturated rings. The van der Waals surface area contributed by atoms with Crippen molar-refractivity contribution >= 4 is 28.9 Å². The van der Waals surface area contributed by atoms with Gasteiger partial charge >= 0.3 is 0 Å². The average molecular weight is 367 g/mol. The molecule has 2 atom stereocenters. The molecule has 140 valence electrons. The fraction of sp³-hybridized carbons (Fsp3) is 0.632. The maximum absolute atomic E-state index is 12.6. The molecule has 1 aromatic rings. The lowest BCUT2D eigenvalue weighted by Gasteiger charge is -2.32. The molecular weight excluding hydrogens is 336 g/mol. The van der Waals surface area contributed by atoms with Crippen molar-refractivity contribution in [2.45, 2.75) is 73.0 Å². The smallest absolute Gasteiger partial charge is 0.243 e.